The third kappa shape index (κ3) is 8.56. The Labute approximate surface area is 142 Å². The smallest absolute Gasteiger partial charge is 0.407 e. The van der Waals surface area contributed by atoms with Crippen LogP contribution in [0.15, 0.2) is 0 Å². The molecule has 0 aliphatic heterocycles. The van der Waals surface area contributed by atoms with Crippen LogP contribution < -0.4 is 10.6 Å². The van der Waals surface area contributed by atoms with Crippen LogP contribution in [0, 0.1) is 5.92 Å². The Morgan fingerprint density at radius 2 is 1.83 bits per heavy atom. The van der Waals surface area contributed by atoms with Crippen molar-refractivity contribution < 1.29 is 9.53 Å². The molecule has 0 aromatic heterocycles. The summed E-state index contributed by atoms with van der Waals surface area (Å²) in [6.07, 6.45) is 4.05. The Morgan fingerprint density at radius 1 is 1.22 bits per heavy atom. The number of carbonyl (C=O) groups is 1. The molecule has 136 valence electrons. The average Bonchev–Trinajstić information content (AvgIpc) is 2.35. The Kier molecular flexibility index (Phi) is 7.81. The fraction of sp³-hybridized carbons (Fsp3) is 0.944. The van der Waals surface area contributed by atoms with Crippen LogP contribution in [0.1, 0.15) is 60.3 Å². The van der Waals surface area contributed by atoms with Crippen molar-refractivity contribution in [3.05, 3.63) is 0 Å². The van der Waals surface area contributed by atoms with E-state index in [4.69, 9.17) is 4.74 Å². The van der Waals surface area contributed by atoms with E-state index in [2.05, 4.69) is 43.5 Å². The number of carbonyl (C=O) groups excluding carboxylic acids is 1. The molecule has 3 atom stereocenters. The van der Waals surface area contributed by atoms with E-state index in [0.29, 0.717) is 18.0 Å². The molecule has 0 saturated heterocycles. The topological polar surface area (TPSA) is 53.6 Å². The highest BCUT2D eigenvalue weighted by Gasteiger charge is 2.27. The fourth-order valence-electron chi connectivity index (χ4n) is 3.10. The summed E-state index contributed by atoms with van der Waals surface area (Å²) in [5.41, 5.74) is -0.440. The highest BCUT2D eigenvalue weighted by atomic mass is 16.6. The maximum atomic E-state index is 11.9. The molecular formula is C18H37N3O2. The summed E-state index contributed by atoms with van der Waals surface area (Å²) >= 11 is 0. The number of rotatable bonds is 6. The Balaban J connectivity index is 2.48. The van der Waals surface area contributed by atoms with Crippen molar-refractivity contribution in [2.75, 3.05) is 20.6 Å². The lowest BCUT2D eigenvalue weighted by Gasteiger charge is -2.35. The van der Waals surface area contributed by atoms with Crippen molar-refractivity contribution in [3.8, 4) is 0 Å². The molecule has 0 spiro atoms. The van der Waals surface area contributed by atoms with Gasteiger partial charge in [-0.1, -0.05) is 13.8 Å². The van der Waals surface area contributed by atoms with Gasteiger partial charge in [0.05, 0.1) is 0 Å². The van der Waals surface area contributed by atoms with Crippen LogP contribution in [0.3, 0.4) is 0 Å². The van der Waals surface area contributed by atoms with Gasteiger partial charge in [0.25, 0.3) is 0 Å². The van der Waals surface area contributed by atoms with Crippen LogP contribution in [0.4, 0.5) is 4.79 Å². The molecule has 0 bridgehead atoms. The van der Waals surface area contributed by atoms with E-state index in [-0.39, 0.29) is 12.1 Å². The molecule has 0 heterocycles. The number of amides is 1. The molecule has 0 aromatic rings. The Bertz CT molecular complexity index is 364. The molecule has 5 nitrogen and oxygen atoms in total. The molecule has 2 N–H and O–H groups in total. The minimum absolute atomic E-state index is 0.211. The minimum Gasteiger partial charge on any atom is -0.444 e. The zero-order valence-corrected chi connectivity index (χ0v) is 16.1. The number of likely N-dealkylation sites (N-methyl/N-ethyl adjacent to an activating group) is 1. The van der Waals surface area contributed by atoms with Crippen molar-refractivity contribution >= 4 is 6.09 Å². The first kappa shape index (κ1) is 20.2. The number of hydrogen-bond donors (Lipinski definition) is 2. The average molecular weight is 328 g/mol. The first-order valence-corrected chi connectivity index (χ1v) is 8.97. The van der Waals surface area contributed by atoms with Crippen molar-refractivity contribution in [1.82, 2.24) is 15.5 Å². The fourth-order valence-corrected chi connectivity index (χ4v) is 3.10. The summed E-state index contributed by atoms with van der Waals surface area (Å²) in [4.78, 5) is 14.2. The summed E-state index contributed by atoms with van der Waals surface area (Å²) in [6.45, 7) is 11.3. The number of nitrogens with zero attached hydrogens (tertiary/aromatic N) is 1. The maximum Gasteiger partial charge on any atom is 0.407 e. The van der Waals surface area contributed by atoms with Gasteiger partial charge < -0.3 is 20.3 Å². The van der Waals surface area contributed by atoms with E-state index < -0.39 is 5.60 Å². The zero-order chi connectivity index (χ0) is 17.6. The molecule has 23 heavy (non-hydrogen) atoms. The number of alkyl carbamates (subject to hydrolysis) is 1. The lowest BCUT2D eigenvalue weighted by molar-refractivity contribution is 0.0487. The number of ether oxygens (including phenoxy) is 1. The van der Waals surface area contributed by atoms with Crippen LogP contribution in [-0.2, 0) is 4.74 Å². The van der Waals surface area contributed by atoms with Crippen molar-refractivity contribution in [2.45, 2.75) is 84.0 Å². The molecule has 1 aliphatic carbocycles. The molecule has 1 rings (SSSR count). The highest BCUT2D eigenvalue weighted by molar-refractivity contribution is 5.68. The lowest BCUT2D eigenvalue weighted by Crippen LogP contribution is -2.51. The molecule has 1 saturated carbocycles. The van der Waals surface area contributed by atoms with Gasteiger partial charge in [-0.05, 0) is 66.5 Å². The van der Waals surface area contributed by atoms with E-state index in [0.717, 1.165) is 25.8 Å². The third-order valence-corrected chi connectivity index (χ3v) is 4.21. The van der Waals surface area contributed by atoms with Gasteiger partial charge in [-0.15, -0.1) is 0 Å². The van der Waals surface area contributed by atoms with Crippen molar-refractivity contribution in [1.29, 1.82) is 0 Å². The van der Waals surface area contributed by atoms with Crippen LogP contribution in [-0.4, -0.2) is 55.4 Å². The first-order chi connectivity index (χ1) is 10.6. The predicted molar refractivity (Wildman–Crippen MR) is 95.7 cm³/mol. The summed E-state index contributed by atoms with van der Waals surface area (Å²) in [5, 5.41) is 6.84. The van der Waals surface area contributed by atoms with Crippen LogP contribution >= 0.6 is 0 Å². The SMILES string of the molecule is CC(C)C(CN(C)C)NC1CCCC(NC(=O)OC(C)(C)C)C1. The maximum absolute atomic E-state index is 11.9. The lowest BCUT2D eigenvalue weighted by atomic mass is 9.89. The van der Waals surface area contributed by atoms with Crippen molar-refractivity contribution in [2.24, 2.45) is 5.92 Å². The monoisotopic (exact) mass is 327 g/mol. The zero-order valence-electron chi connectivity index (χ0n) is 16.1. The largest absolute Gasteiger partial charge is 0.444 e. The second kappa shape index (κ2) is 8.88. The van der Waals surface area contributed by atoms with E-state index in [1.165, 1.54) is 6.42 Å². The summed E-state index contributed by atoms with van der Waals surface area (Å²) in [5.74, 6) is 0.594. The second-order valence-corrected chi connectivity index (χ2v) is 8.49. The van der Waals surface area contributed by atoms with Gasteiger partial charge in [-0.3, -0.25) is 0 Å². The van der Waals surface area contributed by atoms with Gasteiger partial charge in [0.2, 0.25) is 0 Å². The van der Waals surface area contributed by atoms with E-state index >= 15 is 0 Å². The van der Waals surface area contributed by atoms with Crippen LogP contribution in [0.5, 0.6) is 0 Å². The molecule has 1 amide bonds. The molecule has 1 fully saturated rings. The molecule has 3 unspecified atom stereocenters. The first-order valence-electron chi connectivity index (χ1n) is 8.97. The van der Waals surface area contributed by atoms with Gasteiger partial charge in [0.1, 0.15) is 5.60 Å². The van der Waals surface area contributed by atoms with Crippen LogP contribution in [0.25, 0.3) is 0 Å². The summed E-state index contributed by atoms with van der Waals surface area (Å²) in [6, 6.07) is 1.16. The Hall–Kier alpha value is -0.810. The molecule has 0 radical (unpaired) electrons. The van der Waals surface area contributed by atoms with E-state index in [9.17, 15) is 4.79 Å². The van der Waals surface area contributed by atoms with Gasteiger partial charge in [-0.25, -0.2) is 4.79 Å². The minimum atomic E-state index is -0.440. The van der Waals surface area contributed by atoms with Crippen LogP contribution in [0.2, 0.25) is 0 Å². The molecule has 1 aliphatic rings. The van der Waals surface area contributed by atoms with Gasteiger partial charge in [0, 0.05) is 24.7 Å². The quantitative estimate of drug-likeness (QED) is 0.787. The van der Waals surface area contributed by atoms with Gasteiger partial charge in [0.15, 0.2) is 0 Å². The summed E-state index contributed by atoms with van der Waals surface area (Å²) in [7, 11) is 4.23. The summed E-state index contributed by atoms with van der Waals surface area (Å²) < 4.78 is 5.37. The van der Waals surface area contributed by atoms with E-state index in [1.807, 2.05) is 20.8 Å². The molecule has 0 aromatic carbocycles. The number of hydrogen-bond acceptors (Lipinski definition) is 4. The second-order valence-electron chi connectivity index (χ2n) is 8.49. The highest BCUT2D eigenvalue weighted by Crippen LogP contribution is 2.21. The van der Waals surface area contributed by atoms with E-state index in [1.54, 1.807) is 0 Å². The van der Waals surface area contributed by atoms with Gasteiger partial charge >= 0.3 is 6.09 Å². The van der Waals surface area contributed by atoms with Crippen molar-refractivity contribution in [3.63, 3.8) is 0 Å². The van der Waals surface area contributed by atoms with Gasteiger partial charge in [-0.2, -0.15) is 0 Å². The molecular weight excluding hydrogens is 290 g/mol. The standard InChI is InChI=1S/C18H37N3O2/c1-13(2)16(12-21(6)7)19-14-9-8-10-15(11-14)20-17(22)23-18(3,4)5/h13-16,19H,8-12H2,1-7H3,(H,20,22). The number of nitrogens with one attached hydrogen (secondary N) is 2. The predicted octanol–water partition coefficient (Wildman–Crippen LogP) is 3.00. The normalized spacial score (nSPS) is 23.9. The third-order valence-electron chi connectivity index (χ3n) is 4.21. The Morgan fingerprint density at radius 3 is 2.35 bits per heavy atom. The molecule has 5 heteroatoms.